The second kappa shape index (κ2) is 10.5. The summed E-state index contributed by atoms with van der Waals surface area (Å²) >= 11 is 0. The van der Waals surface area contributed by atoms with Gasteiger partial charge in [-0.2, -0.15) is 0 Å². The van der Waals surface area contributed by atoms with Crippen molar-refractivity contribution in [1.82, 2.24) is 15.5 Å². The Bertz CT molecular complexity index is 943. The van der Waals surface area contributed by atoms with Gasteiger partial charge in [-0.1, -0.05) is 42.5 Å². The van der Waals surface area contributed by atoms with Gasteiger partial charge in [-0.15, -0.1) is 0 Å². The molecule has 6 nitrogen and oxygen atoms in total. The summed E-state index contributed by atoms with van der Waals surface area (Å²) in [4.78, 5) is 6.36. The zero-order valence-electron chi connectivity index (χ0n) is 17.2. The van der Waals surface area contributed by atoms with Gasteiger partial charge in [-0.05, 0) is 30.5 Å². The number of piperidine rings is 1. The first-order valence-electron chi connectivity index (χ1n) is 10.2. The number of likely N-dealkylation sites (tertiary alicyclic amines) is 1. The lowest BCUT2D eigenvalue weighted by molar-refractivity contribution is 0.198. The molecule has 1 saturated heterocycles. The molecule has 30 heavy (non-hydrogen) atoms. The fourth-order valence-corrected chi connectivity index (χ4v) is 4.82. The Labute approximate surface area is 178 Å². The third-order valence-electron chi connectivity index (χ3n) is 5.24. The highest BCUT2D eigenvalue weighted by molar-refractivity contribution is 7.91. The van der Waals surface area contributed by atoms with Gasteiger partial charge in [0.05, 0.1) is 5.75 Å². The maximum atomic E-state index is 13.8. The van der Waals surface area contributed by atoms with E-state index in [0.717, 1.165) is 38.5 Å². The number of halogens is 1. The van der Waals surface area contributed by atoms with Crippen molar-refractivity contribution in [3.8, 4) is 0 Å². The fraction of sp³-hybridized carbons (Fsp3) is 0.409. The lowest BCUT2D eigenvalue weighted by Crippen LogP contribution is -2.49. The van der Waals surface area contributed by atoms with Crippen molar-refractivity contribution < 1.29 is 12.8 Å². The van der Waals surface area contributed by atoms with Crippen LogP contribution in [0.3, 0.4) is 0 Å². The minimum Gasteiger partial charge on any atom is -0.355 e. The summed E-state index contributed by atoms with van der Waals surface area (Å²) in [6, 6.07) is 16.2. The molecular weight excluding hydrogens is 403 g/mol. The predicted molar refractivity (Wildman–Crippen MR) is 118 cm³/mol. The van der Waals surface area contributed by atoms with Crippen LogP contribution in [-0.2, 0) is 16.4 Å². The molecule has 0 aromatic heterocycles. The van der Waals surface area contributed by atoms with Crippen molar-refractivity contribution >= 4 is 15.8 Å². The normalized spacial score (nSPS) is 16.4. The molecule has 0 spiro atoms. The molecule has 2 N–H and O–H groups in total. The SMILES string of the molecule is CN=C(NCCS(=O)(=O)c1ccccc1F)NC1CCN(Cc2ccccc2)CC1. The van der Waals surface area contributed by atoms with Crippen LogP contribution in [-0.4, -0.2) is 57.8 Å². The molecule has 8 heteroatoms. The van der Waals surface area contributed by atoms with Crippen molar-refractivity contribution in [3.63, 3.8) is 0 Å². The van der Waals surface area contributed by atoms with Crippen LogP contribution in [0.25, 0.3) is 0 Å². The average molecular weight is 433 g/mol. The van der Waals surface area contributed by atoms with Crippen molar-refractivity contribution in [1.29, 1.82) is 0 Å². The second-order valence-corrected chi connectivity index (χ2v) is 9.51. The van der Waals surface area contributed by atoms with Gasteiger partial charge in [-0.25, -0.2) is 12.8 Å². The first-order chi connectivity index (χ1) is 14.5. The zero-order chi connectivity index (χ0) is 21.4. The molecule has 0 unspecified atom stereocenters. The van der Waals surface area contributed by atoms with E-state index in [1.165, 1.54) is 23.8 Å². The monoisotopic (exact) mass is 432 g/mol. The van der Waals surface area contributed by atoms with E-state index in [9.17, 15) is 12.8 Å². The molecule has 0 atom stereocenters. The van der Waals surface area contributed by atoms with E-state index in [1.807, 2.05) is 6.07 Å². The van der Waals surface area contributed by atoms with Gasteiger partial charge in [-0.3, -0.25) is 9.89 Å². The van der Waals surface area contributed by atoms with Crippen LogP contribution in [0, 0.1) is 5.82 Å². The van der Waals surface area contributed by atoms with E-state index in [0.29, 0.717) is 5.96 Å². The van der Waals surface area contributed by atoms with Gasteiger partial charge < -0.3 is 10.6 Å². The number of rotatable bonds is 7. The first kappa shape index (κ1) is 22.2. The summed E-state index contributed by atoms with van der Waals surface area (Å²) < 4.78 is 38.5. The van der Waals surface area contributed by atoms with E-state index >= 15 is 0 Å². The molecule has 0 aliphatic carbocycles. The van der Waals surface area contributed by atoms with Crippen LogP contribution in [0.2, 0.25) is 0 Å². The van der Waals surface area contributed by atoms with Crippen LogP contribution in [0.4, 0.5) is 4.39 Å². The van der Waals surface area contributed by atoms with E-state index in [2.05, 4.69) is 44.8 Å². The molecule has 0 amide bonds. The van der Waals surface area contributed by atoms with Crippen LogP contribution in [0.5, 0.6) is 0 Å². The van der Waals surface area contributed by atoms with Crippen LogP contribution < -0.4 is 10.6 Å². The van der Waals surface area contributed by atoms with E-state index in [-0.39, 0.29) is 23.2 Å². The third-order valence-corrected chi connectivity index (χ3v) is 6.98. The minimum atomic E-state index is -3.69. The molecule has 1 heterocycles. The van der Waals surface area contributed by atoms with Crippen molar-refractivity contribution in [2.75, 3.05) is 32.4 Å². The van der Waals surface area contributed by atoms with Crippen LogP contribution in [0.15, 0.2) is 64.5 Å². The van der Waals surface area contributed by atoms with Gasteiger partial charge in [0, 0.05) is 39.3 Å². The number of hydrogen-bond donors (Lipinski definition) is 2. The zero-order valence-corrected chi connectivity index (χ0v) is 18.0. The Kier molecular flexibility index (Phi) is 7.81. The van der Waals surface area contributed by atoms with E-state index in [1.54, 1.807) is 7.05 Å². The number of nitrogens with zero attached hydrogens (tertiary/aromatic N) is 2. The van der Waals surface area contributed by atoms with Gasteiger partial charge in [0.2, 0.25) is 0 Å². The molecular formula is C22H29FN4O2S. The molecule has 0 saturated carbocycles. The van der Waals surface area contributed by atoms with Gasteiger partial charge in [0.15, 0.2) is 15.8 Å². The summed E-state index contributed by atoms with van der Waals surface area (Å²) in [6.07, 6.45) is 1.97. The number of benzene rings is 2. The molecule has 2 aromatic rings. The first-order valence-corrected chi connectivity index (χ1v) is 11.8. The Balaban J connectivity index is 1.43. The molecule has 162 valence electrons. The van der Waals surface area contributed by atoms with Gasteiger partial charge >= 0.3 is 0 Å². The molecule has 2 aromatic carbocycles. The number of guanidine groups is 1. The van der Waals surface area contributed by atoms with Gasteiger partial charge in [0.1, 0.15) is 10.7 Å². The lowest BCUT2D eigenvalue weighted by Gasteiger charge is -2.33. The highest BCUT2D eigenvalue weighted by atomic mass is 32.2. The minimum absolute atomic E-state index is 0.156. The summed E-state index contributed by atoms with van der Waals surface area (Å²) in [5.74, 6) is -0.355. The van der Waals surface area contributed by atoms with Crippen molar-refractivity contribution in [3.05, 3.63) is 66.0 Å². The fourth-order valence-electron chi connectivity index (χ4n) is 3.58. The Morgan fingerprint density at radius 1 is 1.10 bits per heavy atom. The lowest BCUT2D eigenvalue weighted by atomic mass is 10.0. The largest absolute Gasteiger partial charge is 0.355 e. The van der Waals surface area contributed by atoms with Crippen molar-refractivity contribution in [2.45, 2.75) is 30.3 Å². The maximum absolute atomic E-state index is 13.8. The number of hydrogen-bond acceptors (Lipinski definition) is 4. The van der Waals surface area contributed by atoms with E-state index < -0.39 is 15.7 Å². The Hall–Kier alpha value is -2.45. The smallest absolute Gasteiger partial charge is 0.191 e. The quantitative estimate of drug-likeness (QED) is 0.519. The topological polar surface area (TPSA) is 73.8 Å². The summed E-state index contributed by atoms with van der Waals surface area (Å²) in [7, 11) is -2.03. The standard InChI is InChI=1S/C22H29FN4O2S/c1-24-22(25-13-16-30(28,29)21-10-6-5-9-20(21)23)26-19-11-14-27(15-12-19)17-18-7-3-2-4-8-18/h2-10,19H,11-17H2,1H3,(H2,24,25,26). The second-order valence-electron chi connectivity index (χ2n) is 7.43. The van der Waals surface area contributed by atoms with E-state index in [4.69, 9.17) is 0 Å². The number of sulfone groups is 1. The van der Waals surface area contributed by atoms with Crippen LogP contribution in [0.1, 0.15) is 18.4 Å². The summed E-state index contributed by atoms with van der Waals surface area (Å²) in [5, 5.41) is 6.41. The number of aliphatic imine (C=N–C) groups is 1. The Morgan fingerprint density at radius 3 is 2.43 bits per heavy atom. The third kappa shape index (κ3) is 6.27. The molecule has 3 rings (SSSR count). The highest BCUT2D eigenvalue weighted by Crippen LogP contribution is 2.15. The summed E-state index contributed by atoms with van der Waals surface area (Å²) in [6.45, 7) is 3.09. The molecule has 0 bridgehead atoms. The molecule has 0 radical (unpaired) electrons. The Morgan fingerprint density at radius 2 is 1.77 bits per heavy atom. The maximum Gasteiger partial charge on any atom is 0.191 e. The molecule has 1 aliphatic heterocycles. The van der Waals surface area contributed by atoms with Gasteiger partial charge in [0.25, 0.3) is 0 Å². The predicted octanol–water partition coefficient (Wildman–Crippen LogP) is 2.43. The highest BCUT2D eigenvalue weighted by Gasteiger charge is 2.21. The molecule has 1 aliphatic rings. The molecule has 1 fully saturated rings. The van der Waals surface area contributed by atoms with Crippen LogP contribution >= 0.6 is 0 Å². The van der Waals surface area contributed by atoms with Crippen molar-refractivity contribution in [2.24, 2.45) is 4.99 Å². The summed E-state index contributed by atoms with van der Waals surface area (Å²) in [5.41, 5.74) is 1.32. The average Bonchev–Trinajstić information content (AvgIpc) is 2.75. The number of nitrogens with one attached hydrogen (secondary N) is 2.